The summed E-state index contributed by atoms with van der Waals surface area (Å²) in [4.78, 5) is 19.0. The maximum absolute atomic E-state index is 5.88. The lowest BCUT2D eigenvalue weighted by molar-refractivity contribution is 0.373. The Labute approximate surface area is 176 Å². The highest BCUT2D eigenvalue weighted by Crippen LogP contribution is 2.45. The smallest absolute Gasteiger partial charge is 0.117 e. The number of aromatic nitrogens is 4. The fourth-order valence-electron chi connectivity index (χ4n) is 3.88. The fourth-order valence-corrected chi connectivity index (χ4v) is 3.88. The SMILES string of the molecule is NCCNC(c1ccccn1)C(c1ccccn1)(c1ccccn1)c1ccccn1. The highest BCUT2D eigenvalue weighted by Gasteiger charge is 2.48. The van der Waals surface area contributed by atoms with Crippen LogP contribution in [0.25, 0.3) is 0 Å². The number of nitrogens with zero attached hydrogens (tertiary/aromatic N) is 4. The largest absolute Gasteiger partial charge is 0.329 e. The summed E-state index contributed by atoms with van der Waals surface area (Å²) >= 11 is 0. The maximum Gasteiger partial charge on any atom is 0.117 e. The number of nitrogens with one attached hydrogen (secondary N) is 1. The minimum atomic E-state index is -0.812. The summed E-state index contributed by atoms with van der Waals surface area (Å²) in [6.07, 6.45) is 7.20. The summed E-state index contributed by atoms with van der Waals surface area (Å²) in [6, 6.07) is 23.4. The van der Waals surface area contributed by atoms with Gasteiger partial charge in [0.15, 0.2) is 0 Å². The molecule has 0 radical (unpaired) electrons. The van der Waals surface area contributed by atoms with Crippen LogP contribution in [0.4, 0.5) is 0 Å². The molecule has 0 aliphatic carbocycles. The summed E-state index contributed by atoms with van der Waals surface area (Å²) < 4.78 is 0. The summed E-state index contributed by atoms with van der Waals surface area (Å²) in [6.45, 7) is 1.10. The second kappa shape index (κ2) is 9.35. The van der Waals surface area contributed by atoms with E-state index in [-0.39, 0.29) is 6.04 Å². The molecule has 0 saturated heterocycles. The van der Waals surface area contributed by atoms with E-state index in [9.17, 15) is 0 Å². The molecule has 150 valence electrons. The van der Waals surface area contributed by atoms with Crippen molar-refractivity contribution in [1.29, 1.82) is 0 Å². The molecule has 0 aliphatic rings. The topological polar surface area (TPSA) is 89.6 Å². The van der Waals surface area contributed by atoms with Crippen LogP contribution in [0.15, 0.2) is 97.6 Å². The lowest BCUT2D eigenvalue weighted by atomic mass is 9.69. The van der Waals surface area contributed by atoms with Gasteiger partial charge in [-0.05, 0) is 48.5 Å². The second-order valence-electron chi connectivity index (χ2n) is 6.88. The van der Waals surface area contributed by atoms with E-state index < -0.39 is 5.41 Å². The third-order valence-corrected chi connectivity index (χ3v) is 5.12. The molecule has 1 unspecified atom stereocenters. The molecule has 0 bridgehead atoms. The van der Waals surface area contributed by atoms with Crippen molar-refractivity contribution in [1.82, 2.24) is 25.3 Å². The van der Waals surface area contributed by atoms with Crippen molar-refractivity contribution >= 4 is 0 Å². The second-order valence-corrected chi connectivity index (χ2v) is 6.88. The molecule has 6 heteroatoms. The van der Waals surface area contributed by atoms with Crippen molar-refractivity contribution in [2.75, 3.05) is 13.1 Å². The van der Waals surface area contributed by atoms with Gasteiger partial charge in [-0.2, -0.15) is 0 Å². The summed E-state index contributed by atoms with van der Waals surface area (Å²) in [5.41, 5.74) is 8.45. The van der Waals surface area contributed by atoms with Gasteiger partial charge < -0.3 is 11.1 Å². The van der Waals surface area contributed by atoms with Crippen LogP contribution in [-0.4, -0.2) is 33.0 Å². The first kappa shape index (κ1) is 19.8. The lowest BCUT2D eigenvalue weighted by Gasteiger charge is -2.40. The summed E-state index contributed by atoms with van der Waals surface area (Å²) in [5.74, 6) is 0. The van der Waals surface area contributed by atoms with Crippen LogP contribution in [0, 0.1) is 0 Å². The first-order chi connectivity index (χ1) is 14.9. The van der Waals surface area contributed by atoms with E-state index in [1.54, 1.807) is 24.8 Å². The molecule has 0 spiro atoms. The average molecular weight is 396 g/mol. The first-order valence-corrected chi connectivity index (χ1v) is 9.96. The van der Waals surface area contributed by atoms with Crippen molar-refractivity contribution in [2.24, 2.45) is 5.73 Å². The Morgan fingerprint density at radius 1 is 0.667 bits per heavy atom. The molecule has 4 heterocycles. The zero-order chi connectivity index (χ0) is 20.7. The standard InChI is InChI=1S/C24H24N6/c25-13-18-30-23(19-9-1-5-14-26-19)24(20-10-2-6-15-27-20,21-11-3-7-16-28-21)22-12-4-8-17-29-22/h1-12,14-17,23,30H,13,18,25H2. The van der Waals surface area contributed by atoms with Gasteiger partial charge in [-0.15, -0.1) is 0 Å². The summed E-state index contributed by atoms with van der Waals surface area (Å²) in [5, 5.41) is 3.61. The average Bonchev–Trinajstić information content (AvgIpc) is 2.84. The van der Waals surface area contributed by atoms with Gasteiger partial charge in [-0.3, -0.25) is 19.9 Å². The molecule has 0 amide bonds. The van der Waals surface area contributed by atoms with Crippen LogP contribution in [0.1, 0.15) is 28.8 Å². The Morgan fingerprint density at radius 3 is 1.50 bits per heavy atom. The quantitative estimate of drug-likeness (QED) is 0.476. The monoisotopic (exact) mass is 396 g/mol. The zero-order valence-corrected chi connectivity index (χ0v) is 16.6. The zero-order valence-electron chi connectivity index (χ0n) is 16.6. The van der Waals surface area contributed by atoms with Crippen LogP contribution in [0.2, 0.25) is 0 Å². The molecule has 0 saturated carbocycles. The van der Waals surface area contributed by atoms with Crippen LogP contribution >= 0.6 is 0 Å². The first-order valence-electron chi connectivity index (χ1n) is 9.96. The van der Waals surface area contributed by atoms with E-state index in [4.69, 9.17) is 20.7 Å². The molecule has 0 fully saturated rings. The molecule has 4 aromatic rings. The van der Waals surface area contributed by atoms with E-state index in [1.807, 2.05) is 72.8 Å². The van der Waals surface area contributed by atoms with Gasteiger partial charge in [-0.1, -0.05) is 24.3 Å². The molecular formula is C24H24N6. The van der Waals surface area contributed by atoms with Gasteiger partial charge in [0.25, 0.3) is 0 Å². The Morgan fingerprint density at radius 2 is 1.13 bits per heavy atom. The Bertz CT molecular complexity index is 930. The van der Waals surface area contributed by atoms with Gasteiger partial charge in [0.05, 0.1) is 28.8 Å². The van der Waals surface area contributed by atoms with Gasteiger partial charge in [0, 0.05) is 37.9 Å². The van der Waals surface area contributed by atoms with Crippen molar-refractivity contribution in [3.8, 4) is 0 Å². The Balaban J connectivity index is 2.07. The fraction of sp³-hybridized carbons (Fsp3) is 0.167. The van der Waals surface area contributed by atoms with E-state index in [1.165, 1.54) is 0 Å². The van der Waals surface area contributed by atoms with E-state index >= 15 is 0 Å². The third-order valence-electron chi connectivity index (χ3n) is 5.12. The third kappa shape index (κ3) is 3.70. The molecule has 0 aliphatic heterocycles. The van der Waals surface area contributed by atoms with Gasteiger partial charge in [0.1, 0.15) is 5.41 Å². The highest BCUT2D eigenvalue weighted by molar-refractivity contribution is 5.47. The number of hydrogen-bond donors (Lipinski definition) is 2. The van der Waals surface area contributed by atoms with Crippen LogP contribution in [0.5, 0.6) is 0 Å². The normalized spacial score (nSPS) is 12.4. The van der Waals surface area contributed by atoms with Gasteiger partial charge >= 0.3 is 0 Å². The maximum atomic E-state index is 5.88. The molecule has 3 N–H and O–H groups in total. The van der Waals surface area contributed by atoms with Crippen LogP contribution in [-0.2, 0) is 5.41 Å². The highest BCUT2D eigenvalue weighted by atomic mass is 15.0. The van der Waals surface area contributed by atoms with Crippen LogP contribution in [0.3, 0.4) is 0 Å². The van der Waals surface area contributed by atoms with Gasteiger partial charge in [-0.25, -0.2) is 0 Å². The van der Waals surface area contributed by atoms with Crippen molar-refractivity contribution < 1.29 is 0 Å². The predicted octanol–water partition coefficient (Wildman–Crippen LogP) is 2.89. The predicted molar refractivity (Wildman–Crippen MR) is 117 cm³/mol. The molecule has 1 atom stereocenters. The van der Waals surface area contributed by atoms with Crippen molar-refractivity contribution in [2.45, 2.75) is 11.5 Å². The molecule has 6 nitrogen and oxygen atoms in total. The number of nitrogens with two attached hydrogens (primary N) is 1. The summed E-state index contributed by atoms with van der Waals surface area (Å²) in [7, 11) is 0. The lowest BCUT2D eigenvalue weighted by Crippen LogP contribution is -2.47. The Kier molecular flexibility index (Phi) is 6.17. The van der Waals surface area contributed by atoms with E-state index in [0.717, 1.165) is 22.8 Å². The molecule has 4 rings (SSSR count). The van der Waals surface area contributed by atoms with Gasteiger partial charge in [0.2, 0.25) is 0 Å². The Hall–Kier alpha value is -3.48. The van der Waals surface area contributed by atoms with Crippen molar-refractivity contribution in [3.63, 3.8) is 0 Å². The molecule has 0 aromatic carbocycles. The minimum Gasteiger partial charge on any atom is -0.329 e. The van der Waals surface area contributed by atoms with Crippen LogP contribution < -0.4 is 11.1 Å². The van der Waals surface area contributed by atoms with E-state index in [2.05, 4.69) is 10.3 Å². The molecule has 4 aromatic heterocycles. The number of pyridine rings is 4. The number of rotatable bonds is 8. The number of hydrogen-bond acceptors (Lipinski definition) is 6. The molecular weight excluding hydrogens is 372 g/mol. The van der Waals surface area contributed by atoms with Crippen molar-refractivity contribution in [3.05, 3.63) is 120 Å². The molecule has 30 heavy (non-hydrogen) atoms. The van der Waals surface area contributed by atoms with E-state index in [0.29, 0.717) is 13.1 Å². The minimum absolute atomic E-state index is 0.290.